The van der Waals surface area contributed by atoms with Crippen molar-refractivity contribution < 1.29 is 4.39 Å². The van der Waals surface area contributed by atoms with E-state index in [0.717, 1.165) is 6.42 Å². The van der Waals surface area contributed by atoms with Crippen LogP contribution in [0.1, 0.15) is 17.5 Å². The summed E-state index contributed by atoms with van der Waals surface area (Å²) in [5.41, 5.74) is 2.53. The third-order valence-corrected chi connectivity index (χ3v) is 1.84. The molecule has 0 bridgehead atoms. The van der Waals surface area contributed by atoms with Gasteiger partial charge >= 0.3 is 0 Å². The fraction of sp³-hybridized carbons (Fsp3) is 0.400. The third kappa shape index (κ3) is 2.34. The third-order valence-electron chi connectivity index (χ3n) is 1.84. The van der Waals surface area contributed by atoms with Crippen LogP contribution in [0.25, 0.3) is 0 Å². The monoisotopic (exact) mass is 152 g/mol. The number of halogens is 1. The zero-order valence-corrected chi connectivity index (χ0v) is 6.81. The summed E-state index contributed by atoms with van der Waals surface area (Å²) in [7, 11) is 0. The van der Waals surface area contributed by atoms with Crippen LogP contribution in [0.15, 0.2) is 24.3 Å². The van der Waals surface area contributed by atoms with E-state index in [1.807, 2.05) is 12.1 Å². The standard InChI is InChI=1S/C10H13F/c1-9-5-2-3-6-10(9)7-4-8-11/h2-3,5-6H,4,7-8H2,1H3. The van der Waals surface area contributed by atoms with Gasteiger partial charge in [-0.05, 0) is 30.9 Å². The Morgan fingerprint density at radius 3 is 2.64 bits per heavy atom. The lowest BCUT2D eigenvalue weighted by Crippen LogP contribution is -1.89. The molecule has 0 atom stereocenters. The predicted molar refractivity (Wildman–Crippen MR) is 45.5 cm³/mol. The molecule has 0 heterocycles. The molecule has 0 spiro atoms. The summed E-state index contributed by atoms with van der Waals surface area (Å²) in [5, 5.41) is 0. The number of alkyl halides is 1. The minimum Gasteiger partial charge on any atom is -0.251 e. The number of hydrogen-bond donors (Lipinski definition) is 0. The van der Waals surface area contributed by atoms with Gasteiger partial charge in [0.05, 0.1) is 6.67 Å². The van der Waals surface area contributed by atoms with E-state index in [0.29, 0.717) is 6.42 Å². The summed E-state index contributed by atoms with van der Waals surface area (Å²) in [6.07, 6.45) is 1.51. The molecule has 0 nitrogen and oxygen atoms in total. The van der Waals surface area contributed by atoms with Crippen molar-refractivity contribution in [3.8, 4) is 0 Å². The highest BCUT2D eigenvalue weighted by molar-refractivity contribution is 5.25. The van der Waals surface area contributed by atoms with Gasteiger partial charge in [0.25, 0.3) is 0 Å². The first-order chi connectivity index (χ1) is 5.34. The maximum absolute atomic E-state index is 11.8. The second-order valence-corrected chi connectivity index (χ2v) is 2.72. The van der Waals surface area contributed by atoms with Crippen LogP contribution in [-0.4, -0.2) is 6.67 Å². The maximum Gasteiger partial charge on any atom is 0.0897 e. The lowest BCUT2D eigenvalue weighted by atomic mass is 10.0. The zero-order valence-electron chi connectivity index (χ0n) is 6.81. The molecule has 0 aliphatic heterocycles. The van der Waals surface area contributed by atoms with E-state index in [1.54, 1.807) is 0 Å². The van der Waals surface area contributed by atoms with Crippen LogP contribution in [0.4, 0.5) is 4.39 Å². The number of hydrogen-bond acceptors (Lipinski definition) is 0. The average molecular weight is 152 g/mol. The van der Waals surface area contributed by atoms with E-state index in [-0.39, 0.29) is 6.67 Å². The van der Waals surface area contributed by atoms with Crippen molar-refractivity contribution in [2.24, 2.45) is 0 Å². The molecule has 1 rings (SSSR count). The van der Waals surface area contributed by atoms with Crippen LogP contribution < -0.4 is 0 Å². The van der Waals surface area contributed by atoms with Gasteiger partial charge in [0, 0.05) is 0 Å². The molecule has 0 fully saturated rings. The van der Waals surface area contributed by atoms with Gasteiger partial charge in [-0.3, -0.25) is 4.39 Å². The van der Waals surface area contributed by atoms with Crippen molar-refractivity contribution in [2.75, 3.05) is 6.67 Å². The molecule has 1 aromatic rings. The lowest BCUT2D eigenvalue weighted by Gasteiger charge is -2.01. The van der Waals surface area contributed by atoms with E-state index in [4.69, 9.17) is 0 Å². The largest absolute Gasteiger partial charge is 0.251 e. The molecule has 60 valence electrons. The minimum atomic E-state index is -0.214. The first-order valence-electron chi connectivity index (χ1n) is 3.95. The molecule has 11 heavy (non-hydrogen) atoms. The van der Waals surface area contributed by atoms with Crippen LogP contribution in [0.2, 0.25) is 0 Å². The number of benzene rings is 1. The smallest absolute Gasteiger partial charge is 0.0897 e. The lowest BCUT2D eigenvalue weighted by molar-refractivity contribution is 0.473. The molecule has 0 radical (unpaired) electrons. The van der Waals surface area contributed by atoms with Crippen molar-refractivity contribution >= 4 is 0 Å². The SMILES string of the molecule is Cc1ccccc1CCCF. The normalized spacial score (nSPS) is 10.0. The summed E-state index contributed by atoms with van der Waals surface area (Å²) in [6, 6.07) is 8.13. The minimum absolute atomic E-state index is 0.214. The van der Waals surface area contributed by atoms with Crippen LogP contribution in [0, 0.1) is 6.92 Å². The van der Waals surface area contributed by atoms with Gasteiger partial charge in [0.2, 0.25) is 0 Å². The van der Waals surface area contributed by atoms with Crippen LogP contribution >= 0.6 is 0 Å². The van der Waals surface area contributed by atoms with Gasteiger partial charge in [-0.2, -0.15) is 0 Å². The van der Waals surface area contributed by atoms with Crippen molar-refractivity contribution in [2.45, 2.75) is 19.8 Å². The van der Waals surface area contributed by atoms with E-state index in [1.165, 1.54) is 11.1 Å². The Morgan fingerprint density at radius 1 is 1.27 bits per heavy atom. The Balaban J connectivity index is 2.62. The van der Waals surface area contributed by atoms with Crippen molar-refractivity contribution in [1.29, 1.82) is 0 Å². The molecular weight excluding hydrogens is 139 g/mol. The van der Waals surface area contributed by atoms with E-state index in [9.17, 15) is 4.39 Å². The van der Waals surface area contributed by atoms with Gasteiger partial charge in [0.1, 0.15) is 0 Å². The Hall–Kier alpha value is -0.850. The van der Waals surface area contributed by atoms with Crippen LogP contribution in [0.5, 0.6) is 0 Å². The molecule has 1 aromatic carbocycles. The molecule has 0 saturated carbocycles. The highest BCUT2D eigenvalue weighted by Gasteiger charge is 1.94. The first kappa shape index (κ1) is 8.25. The van der Waals surface area contributed by atoms with Gasteiger partial charge < -0.3 is 0 Å². The second kappa shape index (κ2) is 4.12. The van der Waals surface area contributed by atoms with Crippen LogP contribution in [0.3, 0.4) is 0 Å². The number of rotatable bonds is 3. The highest BCUT2D eigenvalue weighted by Crippen LogP contribution is 2.08. The van der Waals surface area contributed by atoms with Crippen molar-refractivity contribution in [3.63, 3.8) is 0 Å². The van der Waals surface area contributed by atoms with Gasteiger partial charge in [-0.1, -0.05) is 24.3 Å². The fourth-order valence-corrected chi connectivity index (χ4v) is 1.15. The summed E-state index contributed by atoms with van der Waals surface area (Å²) in [5.74, 6) is 0. The number of aryl methyl sites for hydroxylation is 2. The predicted octanol–water partition coefficient (Wildman–Crippen LogP) is 2.90. The Bertz CT molecular complexity index is 218. The Morgan fingerprint density at radius 2 is 2.00 bits per heavy atom. The fourth-order valence-electron chi connectivity index (χ4n) is 1.15. The van der Waals surface area contributed by atoms with Crippen molar-refractivity contribution in [3.05, 3.63) is 35.4 Å². The molecule has 0 N–H and O–H groups in total. The van der Waals surface area contributed by atoms with Gasteiger partial charge in [-0.15, -0.1) is 0 Å². The summed E-state index contributed by atoms with van der Waals surface area (Å²) >= 11 is 0. The molecule has 0 aromatic heterocycles. The Labute approximate surface area is 67.1 Å². The molecule has 0 amide bonds. The van der Waals surface area contributed by atoms with E-state index < -0.39 is 0 Å². The Kier molecular flexibility index (Phi) is 3.09. The van der Waals surface area contributed by atoms with Gasteiger partial charge in [-0.25, -0.2) is 0 Å². The molecule has 0 saturated heterocycles. The van der Waals surface area contributed by atoms with Crippen LogP contribution in [-0.2, 0) is 6.42 Å². The highest BCUT2D eigenvalue weighted by atomic mass is 19.1. The summed E-state index contributed by atoms with van der Waals surface area (Å²) < 4.78 is 11.8. The van der Waals surface area contributed by atoms with E-state index >= 15 is 0 Å². The maximum atomic E-state index is 11.8. The topological polar surface area (TPSA) is 0 Å². The molecule has 1 heteroatoms. The summed E-state index contributed by atoms with van der Waals surface area (Å²) in [6.45, 7) is 1.85. The average Bonchev–Trinajstić information content (AvgIpc) is 2.03. The first-order valence-corrected chi connectivity index (χ1v) is 3.95. The van der Waals surface area contributed by atoms with Gasteiger partial charge in [0.15, 0.2) is 0 Å². The molecule has 0 aliphatic carbocycles. The molecule has 0 unspecified atom stereocenters. The molecular formula is C10H13F. The zero-order chi connectivity index (χ0) is 8.10. The van der Waals surface area contributed by atoms with Crippen molar-refractivity contribution in [1.82, 2.24) is 0 Å². The molecule has 0 aliphatic rings. The van der Waals surface area contributed by atoms with E-state index in [2.05, 4.69) is 19.1 Å². The summed E-state index contributed by atoms with van der Waals surface area (Å²) in [4.78, 5) is 0. The quantitative estimate of drug-likeness (QED) is 0.624. The second-order valence-electron chi connectivity index (χ2n) is 2.72.